The Morgan fingerprint density at radius 1 is 1.07 bits per heavy atom. The Labute approximate surface area is 245 Å². The second kappa shape index (κ2) is 12.6. The number of nitrogens with zero attached hydrogens (tertiary/aromatic N) is 5. The maximum atomic E-state index is 13.8. The van der Waals surface area contributed by atoms with Gasteiger partial charge in [-0.3, -0.25) is 9.69 Å². The van der Waals surface area contributed by atoms with Crippen LogP contribution in [0.5, 0.6) is 0 Å². The first-order valence-electron chi connectivity index (χ1n) is 13.0. The number of hydrogen-bond donors (Lipinski definition) is 1. The van der Waals surface area contributed by atoms with Gasteiger partial charge in [-0.2, -0.15) is 26.3 Å². The Morgan fingerprint density at radius 2 is 1.74 bits per heavy atom. The fourth-order valence-corrected chi connectivity index (χ4v) is 5.36. The first-order valence-corrected chi connectivity index (χ1v) is 14.9. The van der Waals surface area contributed by atoms with Gasteiger partial charge in [-0.25, -0.2) is 19.0 Å². The van der Waals surface area contributed by atoms with Crippen molar-refractivity contribution >= 4 is 33.2 Å². The normalized spacial score (nSPS) is 16.7. The molecule has 1 fully saturated rings. The quantitative estimate of drug-likeness (QED) is 0.426. The lowest BCUT2D eigenvalue weighted by Crippen LogP contribution is -2.37. The van der Waals surface area contributed by atoms with Crippen molar-refractivity contribution in [2.45, 2.75) is 57.1 Å². The summed E-state index contributed by atoms with van der Waals surface area (Å²) in [6, 6.07) is 2.45. The van der Waals surface area contributed by atoms with Crippen molar-refractivity contribution in [2.75, 3.05) is 49.2 Å². The average molecular weight is 639 g/mol. The molecule has 0 aromatic carbocycles. The van der Waals surface area contributed by atoms with Crippen LogP contribution < -0.4 is 10.2 Å². The molecule has 2 aromatic rings. The van der Waals surface area contributed by atoms with Crippen LogP contribution in [-0.4, -0.2) is 81.8 Å². The molecular formula is C26H32F6N6O4S. The van der Waals surface area contributed by atoms with E-state index in [0.29, 0.717) is 6.20 Å². The molecule has 1 saturated heterocycles. The highest BCUT2D eigenvalue weighted by atomic mass is 32.2. The summed E-state index contributed by atoms with van der Waals surface area (Å²) in [5, 5.41) is 2.26. The number of amides is 2. The van der Waals surface area contributed by atoms with Crippen molar-refractivity contribution in [1.82, 2.24) is 14.9 Å². The molecule has 1 aliphatic heterocycles. The zero-order valence-corrected chi connectivity index (χ0v) is 24.9. The van der Waals surface area contributed by atoms with Crippen LogP contribution in [0.1, 0.15) is 48.7 Å². The van der Waals surface area contributed by atoms with Crippen LogP contribution in [0.25, 0.3) is 0 Å². The molecule has 0 aliphatic carbocycles. The van der Waals surface area contributed by atoms with E-state index in [1.807, 2.05) is 0 Å². The Bertz CT molecular complexity index is 1480. The summed E-state index contributed by atoms with van der Waals surface area (Å²) < 4.78 is 102. The van der Waals surface area contributed by atoms with E-state index in [2.05, 4.69) is 19.6 Å². The molecule has 3 rings (SSSR count). The van der Waals surface area contributed by atoms with E-state index in [4.69, 9.17) is 4.74 Å². The molecule has 0 saturated carbocycles. The van der Waals surface area contributed by atoms with Crippen molar-refractivity contribution in [3.05, 3.63) is 41.2 Å². The van der Waals surface area contributed by atoms with Crippen LogP contribution in [0.3, 0.4) is 0 Å². The first-order chi connectivity index (χ1) is 19.7. The van der Waals surface area contributed by atoms with Gasteiger partial charge in [0.25, 0.3) is 5.91 Å². The van der Waals surface area contributed by atoms with E-state index >= 15 is 0 Å². The molecule has 0 unspecified atom stereocenters. The summed E-state index contributed by atoms with van der Waals surface area (Å²) in [6.07, 6.45) is -7.22. The minimum atomic E-state index is -4.84. The van der Waals surface area contributed by atoms with Gasteiger partial charge in [0.15, 0.2) is 0 Å². The fraction of sp³-hybridized carbons (Fsp3) is 0.538. The zero-order valence-electron chi connectivity index (χ0n) is 24.1. The van der Waals surface area contributed by atoms with Crippen molar-refractivity contribution in [3.8, 4) is 0 Å². The highest BCUT2D eigenvalue weighted by Crippen LogP contribution is 2.36. The van der Waals surface area contributed by atoms with Crippen LogP contribution in [0, 0.1) is 6.92 Å². The van der Waals surface area contributed by atoms with E-state index in [1.165, 1.54) is 22.1 Å². The smallest absolute Gasteiger partial charge is 0.442 e. The van der Waals surface area contributed by atoms with Gasteiger partial charge in [0.05, 0.1) is 17.7 Å². The molecule has 1 N–H and O–H groups in total. The van der Waals surface area contributed by atoms with Gasteiger partial charge >= 0.3 is 18.4 Å². The van der Waals surface area contributed by atoms with Crippen LogP contribution in [0.15, 0.2) is 33.9 Å². The molecule has 238 valence electrons. The Kier molecular flexibility index (Phi) is 10.0. The van der Waals surface area contributed by atoms with Crippen LogP contribution >= 0.6 is 0 Å². The van der Waals surface area contributed by atoms with E-state index in [-0.39, 0.29) is 49.1 Å². The topological polar surface area (TPSA) is 117 Å². The third-order valence-electron chi connectivity index (χ3n) is 6.16. The molecule has 1 atom stereocenters. The van der Waals surface area contributed by atoms with Gasteiger partial charge in [-0.05, 0) is 51.8 Å². The number of pyridine rings is 2. The highest BCUT2D eigenvalue weighted by Gasteiger charge is 2.37. The summed E-state index contributed by atoms with van der Waals surface area (Å²) in [4.78, 5) is 36.2. The predicted molar refractivity (Wildman–Crippen MR) is 146 cm³/mol. The second-order valence-corrected chi connectivity index (χ2v) is 13.1. The third kappa shape index (κ3) is 9.51. The summed E-state index contributed by atoms with van der Waals surface area (Å²) in [5.41, 5.74) is -2.93. The van der Waals surface area contributed by atoms with Gasteiger partial charge in [0, 0.05) is 50.5 Å². The van der Waals surface area contributed by atoms with Crippen LogP contribution in [0.2, 0.25) is 0 Å². The number of hydrogen-bond acceptors (Lipinski definition) is 8. The van der Waals surface area contributed by atoms with Gasteiger partial charge in [-0.1, -0.05) is 0 Å². The fourth-order valence-electron chi connectivity index (χ4n) is 4.34. The maximum Gasteiger partial charge on any atom is 0.442 e. The molecule has 43 heavy (non-hydrogen) atoms. The maximum absolute atomic E-state index is 13.8. The summed E-state index contributed by atoms with van der Waals surface area (Å²) in [5.74, 6) is -1.11. The van der Waals surface area contributed by atoms with E-state index in [0.717, 1.165) is 19.2 Å². The molecule has 10 nitrogen and oxygen atoms in total. The average Bonchev–Trinajstić information content (AvgIpc) is 3.05. The Hall–Kier alpha value is -3.47. The molecule has 1 aliphatic rings. The zero-order chi connectivity index (χ0) is 32.4. The number of anilines is 2. The van der Waals surface area contributed by atoms with Crippen LogP contribution in [0.4, 0.5) is 42.6 Å². The summed E-state index contributed by atoms with van der Waals surface area (Å²) in [7, 11) is -3.45. The summed E-state index contributed by atoms with van der Waals surface area (Å²) >= 11 is 0. The van der Waals surface area contributed by atoms with Gasteiger partial charge in [0.2, 0.25) is 0 Å². The standard InChI is InChI=1S/C26H32F6N6O4S/c1-16-18(26(30,31)32)14-34-21(38-10-6-9-37(11-12-38)15-25(27,28)29)20(16)22(39)35-17-7-8-33-19(13-17)43(5,41)36-23(40)42-24(2,3)4/h7-8,13-14H,6,9-12,15H2,1-5H3,(H,33,35,39)/t43-/m1/s1. The number of ether oxygens (including phenoxy) is 1. The molecule has 3 heterocycles. The van der Waals surface area contributed by atoms with Crippen molar-refractivity contribution in [2.24, 2.45) is 4.36 Å². The molecule has 17 heteroatoms. The number of halogens is 6. The molecule has 2 aromatic heterocycles. The van der Waals surface area contributed by atoms with Crippen LogP contribution in [-0.2, 0) is 20.6 Å². The van der Waals surface area contributed by atoms with Gasteiger partial charge in [0.1, 0.15) is 26.2 Å². The van der Waals surface area contributed by atoms with Gasteiger partial charge in [-0.15, -0.1) is 4.36 Å². The molecular weight excluding hydrogens is 606 g/mol. The lowest BCUT2D eigenvalue weighted by Gasteiger charge is -2.26. The third-order valence-corrected chi connectivity index (χ3v) is 7.66. The first kappa shape index (κ1) is 34.0. The Morgan fingerprint density at radius 3 is 2.35 bits per heavy atom. The molecule has 0 spiro atoms. The second-order valence-electron chi connectivity index (χ2n) is 10.9. The van der Waals surface area contributed by atoms with Crippen molar-refractivity contribution < 1.29 is 44.9 Å². The molecule has 0 radical (unpaired) electrons. The molecule has 0 bridgehead atoms. The molecule has 2 amide bonds. The number of carbonyl (C=O) groups excluding carboxylic acids is 2. The number of nitrogens with one attached hydrogen (secondary N) is 1. The van der Waals surface area contributed by atoms with Crippen molar-refractivity contribution in [1.29, 1.82) is 0 Å². The number of alkyl halides is 6. The Balaban J connectivity index is 1.97. The lowest BCUT2D eigenvalue weighted by molar-refractivity contribution is -0.145. The SMILES string of the molecule is Cc1c(C(F)(F)F)cnc(N2CCCN(CC(F)(F)F)CC2)c1C(=O)Nc1ccnc([S@@](C)(=O)=NC(=O)OC(C)(C)C)c1. The van der Waals surface area contributed by atoms with E-state index in [1.54, 1.807) is 20.8 Å². The number of carbonyl (C=O) groups is 2. The minimum absolute atomic E-state index is 0.0149. The monoisotopic (exact) mass is 638 g/mol. The minimum Gasteiger partial charge on any atom is -0.442 e. The predicted octanol–water partition coefficient (Wildman–Crippen LogP) is 5.52. The van der Waals surface area contributed by atoms with Gasteiger partial charge < -0.3 is 15.0 Å². The number of rotatable bonds is 5. The lowest BCUT2D eigenvalue weighted by atomic mass is 10.0. The van der Waals surface area contributed by atoms with Crippen molar-refractivity contribution in [3.63, 3.8) is 0 Å². The van der Waals surface area contributed by atoms with E-state index in [9.17, 15) is 40.1 Å². The number of aromatic nitrogens is 2. The highest BCUT2D eigenvalue weighted by molar-refractivity contribution is 7.93. The van der Waals surface area contributed by atoms with E-state index < -0.39 is 62.9 Å². The summed E-state index contributed by atoms with van der Waals surface area (Å²) in [6.45, 7) is 4.92. The largest absolute Gasteiger partial charge is 0.442 e.